The molecule has 0 saturated carbocycles. The maximum absolute atomic E-state index is 6.37. The Morgan fingerprint density at radius 1 is 1.29 bits per heavy atom. The van der Waals surface area contributed by atoms with Crippen molar-refractivity contribution >= 4 is 16.5 Å². The van der Waals surface area contributed by atoms with E-state index in [1.54, 1.807) is 0 Å². The van der Waals surface area contributed by atoms with Crippen molar-refractivity contribution in [1.82, 2.24) is 9.88 Å². The standard InChI is InChI=1S/C16H28N4S/c1-16(2)9-12(17)14-13(10-16)18-15(21-14)20-7-5-11(6-8-20)19(3)4/h11-12H,5-10,17H2,1-4H3. The molecule has 118 valence electrons. The van der Waals surface area contributed by atoms with Gasteiger partial charge in [-0.05, 0) is 45.2 Å². The van der Waals surface area contributed by atoms with Crippen LogP contribution in [0.1, 0.15) is 49.7 Å². The molecule has 1 aliphatic carbocycles. The maximum Gasteiger partial charge on any atom is 0.185 e. The SMILES string of the molecule is CN(C)C1CCN(c2nc3c(s2)C(N)CC(C)(C)C3)CC1. The van der Waals surface area contributed by atoms with Crippen molar-refractivity contribution in [3.8, 4) is 0 Å². The first-order valence-electron chi connectivity index (χ1n) is 8.02. The number of thiazole rings is 1. The molecule has 0 amide bonds. The Morgan fingerprint density at radius 2 is 1.95 bits per heavy atom. The van der Waals surface area contributed by atoms with Gasteiger partial charge in [-0.2, -0.15) is 0 Å². The fraction of sp³-hybridized carbons (Fsp3) is 0.812. The predicted octanol–water partition coefficient (Wildman–Crippen LogP) is 2.65. The lowest BCUT2D eigenvalue weighted by Gasteiger charge is -2.35. The number of hydrogen-bond donors (Lipinski definition) is 1. The number of anilines is 1. The molecule has 0 spiro atoms. The third-order valence-electron chi connectivity index (χ3n) is 4.94. The van der Waals surface area contributed by atoms with Crippen molar-refractivity contribution in [2.24, 2.45) is 11.1 Å². The van der Waals surface area contributed by atoms with Gasteiger partial charge in [0.25, 0.3) is 0 Å². The van der Waals surface area contributed by atoms with Gasteiger partial charge in [0.15, 0.2) is 5.13 Å². The van der Waals surface area contributed by atoms with E-state index in [1.165, 1.54) is 28.5 Å². The zero-order valence-electron chi connectivity index (χ0n) is 13.7. The summed E-state index contributed by atoms with van der Waals surface area (Å²) in [7, 11) is 4.37. The van der Waals surface area contributed by atoms with E-state index in [0.29, 0.717) is 0 Å². The first-order chi connectivity index (χ1) is 9.85. The van der Waals surface area contributed by atoms with E-state index in [-0.39, 0.29) is 11.5 Å². The average molecular weight is 308 g/mol. The van der Waals surface area contributed by atoms with Crippen LogP contribution in [0, 0.1) is 5.41 Å². The molecule has 21 heavy (non-hydrogen) atoms. The molecule has 5 heteroatoms. The Hall–Kier alpha value is -0.650. The summed E-state index contributed by atoms with van der Waals surface area (Å²) in [4.78, 5) is 11.1. The number of fused-ring (bicyclic) bond motifs is 1. The first-order valence-corrected chi connectivity index (χ1v) is 8.84. The minimum atomic E-state index is 0.175. The number of piperidine rings is 1. The van der Waals surface area contributed by atoms with Crippen LogP contribution in [-0.4, -0.2) is 43.1 Å². The lowest BCUT2D eigenvalue weighted by atomic mass is 9.77. The second-order valence-electron chi connectivity index (χ2n) is 7.64. The zero-order valence-corrected chi connectivity index (χ0v) is 14.5. The molecule has 2 aliphatic rings. The molecule has 0 radical (unpaired) electrons. The van der Waals surface area contributed by atoms with E-state index < -0.39 is 0 Å². The molecule has 0 aromatic carbocycles. The molecule has 1 unspecified atom stereocenters. The fourth-order valence-corrected chi connectivity index (χ4v) is 4.82. The Balaban J connectivity index is 1.74. The Bertz CT molecular complexity index is 500. The summed E-state index contributed by atoms with van der Waals surface area (Å²) < 4.78 is 0. The Kier molecular flexibility index (Phi) is 4.01. The normalized spacial score (nSPS) is 26.2. The molecule has 1 fully saturated rings. The van der Waals surface area contributed by atoms with Crippen molar-refractivity contribution in [3.63, 3.8) is 0 Å². The average Bonchev–Trinajstić information content (AvgIpc) is 2.81. The van der Waals surface area contributed by atoms with Gasteiger partial charge in [-0.25, -0.2) is 4.98 Å². The topological polar surface area (TPSA) is 45.4 Å². The third-order valence-corrected chi connectivity index (χ3v) is 6.23. The lowest BCUT2D eigenvalue weighted by Crippen LogP contribution is -2.41. The lowest BCUT2D eigenvalue weighted by molar-refractivity contribution is 0.249. The van der Waals surface area contributed by atoms with Crippen molar-refractivity contribution in [1.29, 1.82) is 0 Å². The molecule has 1 aliphatic heterocycles. The Morgan fingerprint density at radius 3 is 2.57 bits per heavy atom. The number of rotatable bonds is 2. The zero-order chi connectivity index (χ0) is 15.2. The molecule has 1 aromatic heterocycles. The minimum Gasteiger partial charge on any atom is -0.348 e. The summed E-state index contributed by atoms with van der Waals surface area (Å²) in [6, 6.07) is 0.895. The van der Waals surface area contributed by atoms with Crippen molar-refractivity contribution in [3.05, 3.63) is 10.6 Å². The summed E-state index contributed by atoms with van der Waals surface area (Å²) >= 11 is 1.84. The summed E-state index contributed by atoms with van der Waals surface area (Å²) in [5, 5.41) is 1.20. The van der Waals surface area contributed by atoms with E-state index in [2.05, 4.69) is 37.7 Å². The van der Waals surface area contributed by atoms with E-state index in [1.807, 2.05) is 11.3 Å². The van der Waals surface area contributed by atoms with Crippen LogP contribution in [0.5, 0.6) is 0 Å². The number of nitrogens with two attached hydrogens (primary N) is 1. The van der Waals surface area contributed by atoms with Gasteiger partial charge in [-0.1, -0.05) is 25.2 Å². The van der Waals surface area contributed by atoms with Crippen LogP contribution < -0.4 is 10.6 Å². The number of aromatic nitrogens is 1. The van der Waals surface area contributed by atoms with Gasteiger partial charge in [0.1, 0.15) is 0 Å². The molecule has 1 aromatic rings. The highest BCUT2D eigenvalue weighted by atomic mass is 32.1. The van der Waals surface area contributed by atoms with Crippen LogP contribution in [-0.2, 0) is 6.42 Å². The van der Waals surface area contributed by atoms with E-state index in [0.717, 1.165) is 32.0 Å². The Labute approximate surface area is 132 Å². The predicted molar refractivity (Wildman–Crippen MR) is 90.1 cm³/mol. The van der Waals surface area contributed by atoms with Crippen molar-refractivity contribution < 1.29 is 0 Å². The molecule has 0 bridgehead atoms. The molecule has 4 nitrogen and oxygen atoms in total. The molecule has 2 heterocycles. The van der Waals surface area contributed by atoms with Crippen LogP contribution in [0.3, 0.4) is 0 Å². The maximum atomic E-state index is 6.37. The quantitative estimate of drug-likeness (QED) is 0.912. The van der Waals surface area contributed by atoms with Gasteiger partial charge in [-0.3, -0.25) is 0 Å². The third kappa shape index (κ3) is 3.10. The van der Waals surface area contributed by atoms with Gasteiger partial charge in [0, 0.05) is 30.1 Å². The number of hydrogen-bond acceptors (Lipinski definition) is 5. The van der Waals surface area contributed by atoms with Gasteiger partial charge in [0.2, 0.25) is 0 Å². The van der Waals surface area contributed by atoms with Crippen LogP contribution in [0.4, 0.5) is 5.13 Å². The summed E-state index contributed by atoms with van der Waals surface area (Å²) in [6.07, 6.45) is 4.61. The molecule has 1 atom stereocenters. The van der Waals surface area contributed by atoms with Gasteiger partial charge in [0.05, 0.1) is 5.69 Å². The van der Waals surface area contributed by atoms with E-state index >= 15 is 0 Å². The fourth-order valence-electron chi connectivity index (χ4n) is 3.69. The summed E-state index contributed by atoms with van der Waals surface area (Å²) in [6.45, 7) is 6.84. The molecule has 3 rings (SSSR count). The molecular weight excluding hydrogens is 280 g/mol. The molecule has 1 saturated heterocycles. The number of nitrogens with zero attached hydrogens (tertiary/aromatic N) is 3. The van der Waals surface area contributed by atoms with Crippen molar-refractivity contribution in [2.75, 3.05) is 32.1 Å². The smallest absolute Gasteiger partial charge is 0.185 e. The van der Waals surface area contributed by atoms with Crippen LogP contribution in [0.2, 0.25) is 0 Å². The van der Waals surface area contributed by atoms with Crippen molar-refractivity contribution in [2.45, 2.75) is 51.6 Å². The summed E-state index contributed by atoms with van der Waals surface area (Å²) in [5.74, 6) is 0. The van der Waals surface area contributed by atoms with Crippen LogP contribution in [0.15, 0.2) is 0 Å². The molecule has 2 N–H and O–H groups in total. The van der Waals surface area contributed by atoms with Crippen LogP contribution in [0.25, 0.3) is 0 Å². The second-order valence-corrected chi connectivity index (χ2v) is 8.65. The molecular formula is C16H28N4S. The van der Waals surface area contributed by atoms with Crippen LogP contribution >= 0.6 is 11.3 Å². The highest BCUT2D eigenvalue weighted by Crippen LogP contribution is 2.43. The van der Waals surface area contributed by atoms with Gasteiger partial charge in [-0.15, -0.1) is 0 Å². The highest BCUT2D eigenvalue weighted by molar-refractivity contribution is 7.15. The van der Waals surface area contributed by atoms with Gasteiger partial charge < -0.3 is 15.5 Å². The van der Waals surface area contributed by atoms with E-state index in [4.69, 9.17) is 10.7 Å². The highest BCUT2D eigenvalue weighted by Gasteiger charge is 2.34. The largest absolute Gasteiger partial charge is 0.348 e. The monoisotopic (exact) mass is 308 g/mol. The first kappa shape index (κ1) is 15.3. The van der Waals surface area contributed by atoms with E-state index in [9.17, 15) is 0 Å². The second kappa shape index (κ2) is 5.52. The summed E-state index contributed by atoms with van der Waals surface area (Å²) in [5.41, 5.74) is 7.92. The minimum absolute atomic E-state index is 0.175. The van der Waals surface area contributed by atoms with Gasteiger partial charge >= 0.3 is 0 Å².